The molecule has 2 fully saturated rings. The maximum atomic E-state index is 5.57. The Bertz CT molecular complexity index is 1420. The highest BCUT2D eigenvalue weighted by atomic mass is 16.5. The fourth-order valence-corrected chi connectivity index (χ4v) is 4.89. The molecule has 0 saturated carbocycles. The van der Waals surface area contributed by atoms with Crippen LogP contribution in [0.5, 0.6) is 11.5 Å². The second-order valence-corrected chi connectivity index (χ2v) is 9.40. The summed E-state index contributed by atoms with van der Waals surface area (Å²) in [6.07, 6.45) is 1.83. The number of pyridine rings is 1. The number of hydrogen-bond acceptors (Lipinski definition) is 10. The molecule has 6 rings (SSSR count). The highest BCUT2D eigenvalue weighted by Gasteiger charge is 2.17. The molecule has 4 heterocycles. The molecule has 0 spiro atoms. The van der Waals surface area contributed by atoms with Crippen LogP contribution >= 0.6 is 0 Å². The fraction of sp³-hybridized carbons (Fsp3) is 0.345. The van der Waals surface area contributed by atoms with Gasteiger partial charge in [0.2, 0.25) is 0 Å². The number of nitrogens with one attached hydrogen (secondary N) is 1. The minimum atomic E-state index is 0.572. The van der Waals surface area contributed by atoms with Gasteiger partial charge >= 0.3 is 0 Å². The van der Waals surface area contributed by atoms with Gasteiger partial charge in [-0.1, -0.05) is 0 Å². The van der Waals surface area contributed by atoms with Crippen LogP contribution in [0.2, 0.25) is 0 Å². The molecular formula is C29H32N6O4. The molecule has 0 amide bonds. The lowest BCUT2D eigenvalue weighted by molar-refractivity contribution is 0.122. The number of hydrogen-bond donors (Lipinski definition) is 1. The predicted molar refractivity (Wildman–Crippen MR) is 152 cm³/mol. The molecule has 10 heteroatoms. The standard InChI is InChI=1S/C29H32N6O4/c1-36-25-17-23-24(18-26(25)37-2)32-28(20-3-8-27(30-19-20)35-11-15-39-16-12-35)33-29(23)31-21-4-6-22(7-5-21)34-9-13-38-14-10-34/h3-8,17-19H,9-16H2,1-2H3,(H,31,32,33). The van der Waals surface area contributed by atoms with E-state index in [9.17, 15) is 0 Å². The van der Waals surface area contributed by atoms with E-state index in [-0.39, 0.29) is 0 Å². The summed E-state index contributed by atoms with van der Waals surface area (Å²) >= 11 is 0. The molecule has 1 N–H and O–H groups in total. The third kappa shape index (κ3) is 5.39. The molecule has 0 unspecified atom stereocenters. The second-order valence-electron chi connectivity index (χ2n) is 9.40. The monoisotopic (exact) mass is 528 g/mol. The number of ether oxygens (including phenoxy) is 4. The maximum Gasteiger partial charge on any atom is 0.163 e. The van der Waals surface area contributed by atoms with E-state index in [4.69, 9.17) is 33.9 Å². The Morgan fingerprint density at radius 3 is 2.08 bits per heavy atom. The average molecular weight is 529 g/mol. The number of aromatic nitrogens is 3. The van der Waals surface area contributed by atoms with Gasteiger partial charge in [-0.15, -0.1) is 0 Å². The van der Waals surface area contributed by atoms with Crippen LogP contribution in [0.25, 0.3) is 22.3 Å². The van der Waals surface area contributed by atoms with Gasteiger partial charge in [-0.2, -0.15) is 0 Å². The van der Waals surface area contributed by atoms with Gasteiger partial charge in [0.1, 0.15) is 11.6 Å². The lowest BCUT2D eigenvalue weighted by atomic mass is 10.1. The summed E-state index contributed by atoms with van der Waals surface area (Å²) in [7, 11) is 3.24. The molecule has 202 valence electrons. The molecule has 0 bridgehead atoms. The second kappa shape index (κ2) is 11.3. The first kappa shape index (κ1) is 25.1. The van der Waals surface area contributed by atoms with Gasteiger partial charge in [0.25, 0.3) is 0 Å². The number of nitrogens with zero attached hydrogens (tertiary/aromatic N) is 5. The van der Waals surface area contributed by atoms with Crippen molar-refractivity contribution >= 4 is 33.9 Å². The van der Waals surface area contributed by atoms with Crippen LogP contribution in [-0.4, -0.2) is 81.8 Å². The molecule has 39 heavy (non-hydrogen) atoms. The Kier molecular flexibility index (Phi) is 7.29. The van der Waals surface area contributed by atoms with Crippen LogP contribution in [0.1, 0.15) is 0 Å². The third-order valence-electron chi connectivity index (χ3n) is 7.05. The fourth-order valence-electron chi connectivity index (χ4n) is 4.89. The Labute approximate surface area is 227 Å². The molecular weight excluding hydrogens is 496 g/mol. The van der Waals surface area contributed by atoms with Crippen molar-refractivity contribution in [3.05, 3.63) is 54.7 Å². The maximum absolute atomic E-state index is 5.57. The van der Waals surface area contributed by atoms with Crippen molar-refractivity contribution in [2.75, 3.05) is 81.9 Å². The van der Waals surface area contributed by atoms with Crippen LogP contribution in [0.15, 0.2) is 54.7 Å². The molecule has 2 saturated heterocycles. The van der Waals surface area contributed by atoms with Crippen molar-refractivity contribution in [3.63, 3.8) is 0 Å². The summed E-state index contributed by atoms with van der Waals surface area (Å²) in [6, 6.07) is 16.2. The SMILES string of the molecule is COc1cc2nc(-c3ccc(N4CCOCC4)nc3)nc(Nc3ccc(N4CCOCC4)cc3)c2cc1OC. The van der Waals surface area contributed by atoms with Crippen LogP contribution in [0.3, 0.4) is 0 Å². The Hall–Kier alpha value is -4.15. The number of morpholine rings is 2. The van der Waals surface area contributed by atoms with E-state index in [0.29, 0.717) is 36.4 Å². The summed E-state index contributed by atoms with van der Waals surface area (Å²) < 4.78 is 22.1. The first-order valence-electron chi connectivity index (χ1n) is 13.1. The highest BCUT2D eigenvalue weighted by Crippen LogP contribution is 2.36. The molecule has 2 aliphatic heterocycles. The minimum Gasteiger partial charge on any atom is -0.493 e. The lowest BCUT2D eigenvalue weighted by Gasteiger charge is -2.29. The van der Waals surface area contributed by atoms with Crippen LogP contribution < -0.4 is 24.6 Å². The smallest absolute Gasteiger partial charge is 0.163 e. The first-order chi connectivity index (χ1) is 19.2. The summed E-state index contributed by atoms with van der Waals surface area (Å²) in [5, 5.41) is 4.33. The van der Waals surface area contributed by atoms with Gasteiger partial charge in [0.15, 0.2) is 17.3 Å². The van der Waals surface area contributed by atoms with Gasteiger partial charge < -0.3 is 34.1 Å². The first-order valence-corrected chi connectivity index (χ1v) is 13.1. The zero-order valence-electron chi connectivity index (χ0n) is 22.2. The average Bonchev–Trinajstić information content (AvgIpc) is 3.01. The van der Waals surface area contributed by atoms with E-state index < -0.39 is 0 Å². The molecule has 2 aromatic carbocycles. The van der Waals surface area contributed by atoms with Gasteiger partial charge in [0, 0.05) is 60.8 Å². The number of methoxy groups -OCH3 is 2. The van der Waals surface area contributed by atoms with Crippen molar-refractivity contribution in [1.82, 2.24) is 15.0 Å². The predicted octanol–water partition coefficient (Wildman–Crippen LogP) is 4.13. The van der Waals surface area contributed by atoms with E-state index in [1.807, 2.05) is 30.5 Å². The quantitative estimate of drug-likeness (QED) is 0.377. The number of benzene rings is 2. The number of fused-ring (bicyclic) bond motifs is 1. The van der Waals surface area contributed by atoms with Crippen LogP contribution in [0.4, 0.5) is 23.0 Å². The molecule has 0 aliphatic carbocycles. The van der Waals surface area contributed by atoms with Crippen molar-refractivity contribution in [3.8, 4) is 22.9 Å². The van der Waals surface area contributed by atoms with Gasteiger partial charge in [-0.3, -0.25) is 0 Å². The van der Waals surface area contributed by atoms with E-state index in [0.717, 1.165) is 67.4 Å². The van der Waals surface area contributed by atoms with Gasteiger partial charge in [0.05, 0.1) is 46.2 Å². The van der Waals surface area contributed by atoms with Crippen molar-refractivity contribution in [2.45, 2.75) is 0 Å². The molecule has 10 nitrogen and oxygen atoms in total. The zero-order chi connectivity index (χ0) is 26.6. The van der Waals surface area contributed by atoms with E-state index in [2.05, 4.69) is 39.4 Å². The largest absolute Gasteiger partial charge is 0.493 e. The zero-order valence-corrected chi connectivity index (χ0v) is 22.2. The number of anilines is 4. The molecule has 0 atom stereocenters. The Morgan fingerprint density at radius 1 is 0.769 bits per heavy atom. The number of rotatable bonds is 7. The van der Waals surface area contributed by atoms with Gasteiger partial charge in [-0.25, -0.2) is 15.0 Å². The normalized spacial score (nSPS) is 15.8. The summed E-state index contributed by atoms with van der Waals surface area (Å²) in [4.78, 5) is 19.1. The Morgan fingerprint density at radius 2 is 1.44 bits per heavy atom. The van der Waals surface area contributed by atoms with E-state index >= 15 is 0 Å². The third-order valence-corrected chi connectivity index (χ3v) is 7.05. The lowest BCUT2D eigenvalue weighted by Crippen LogP contribution is -2.36. The molecule has 2 aromatic heterocycles. The van der Waals surface area contributed by atoms with E-state index in [1.165, 1.54) is 5.69 Å². The highest BCUT2D eigenvalue weighted by molar-refractivity contribution is 5.94. The topological polar surface area (TPSA) is 94.1 Å². The van der Waals surface area contributed by atoms with Crippen molar-refractivity contribution < 1.29 is 18.9 Å². The van der Waals surface area contributed by atoms with Crippen molar-refractivity contribution in [1.29, 1.82) is 0 Å². The summed E-state index contributed by atoms with van der Waals surface area (Å²) in [5.41, 5.74) is 3.67. The van der Waals surface area contributed by atoms with Gasteiger partial charge in [-0.05, 0) is 42.5 Å². The Balaban J connectivity index is 1.35. The van der Waals surface area contributed by atoms with E-state index in [1.54, 1.807) is 14.2 Å². The van der Waals surface area contributed by atoms with Crippen LogP contribution in [0, 0.1) is 0 Å². The molecule has 2 aliphatic rings. The van der Waals surface area contributed by atoms with Crippen molar-refractivity contribution in [2.24, 2.45) is 0 Å². The summed E-state index contributed by atoms with van der Waals surface area (Å²) in [6.45, 7) is 6.39. The summed E-state index contributed by atoms with van der Waals surface area (Å²) in [5.74, 6) is 3.39. The minimum absolute atomic E-state index is 0.572. The van der Waals surface area contributed by atoms with Crippen LogP contribution in [-0.2, 0) is 9.47 Å². The molecule has 0 radical (unpaired) electrons. The molecule has 4 aromatic rings.